The van der Waals surface area contributed by atoms with E-state index in [-0.39, 0.29) is 11.5 Å². The van der Waals surface area contributed by atoms with E-state index in [1.807, 2.05) is 12.1 Å². The minimum atomic E-state index is -0.467. The minimum Gasteiger partial charge on any atom is -0.367 e. The van der Waals surface area contributed by atoms with Crippen LogP contribution in [0.25, 0.3) is 0 Å². The second-order valence-electron chi connectivity index (χ2n) is 4.62. The molecule has 0 bridgehead atoms. The Morgan fingerprint density at radius 1 is 1.24 bits per heavy atom. The van der Waals surface area contributed by atoms with Crippen molar-refractivity contribution in [1.29, 1.82) is 0 Å². The van der Waals surface area contributed by atoms with Gasteiger partial charge in [0.15, 0.2) is 0 Å². The highest BCUT2D eigenvalue weighted by molar-refractivity contribution is 5.88. The van der Waals surface area contributed by atoms with E-state index in [0.717, 1.165) is 10.1 Å². The molecular formula is C14H16N4O3. The predicted molar refractivity (Wildman–Crippen MR) is 80.4 cm³/mol. The average molecular weight is 288 g/mol. The maximum absolute atomic E-state index is 11.5. The standard InChI is InChI=1S/C14H16N4O3/c1-9(19)16-11-5-3-10(4-6-11)8-15-12-7-13(20)18(2)14(21)17-12/h3-7,15H,8H2,1-2H3,(H,16,19)(H,17,21). The van der Waals surface area contributed by atoms with Crippen LogP contribution in [-0.4, -0.2) is 15.5 Å². The molecule has 1 aromatic carbocycles. The van der Waals surface area contributed by atoms with Crippen molar-refractivity contribution in [3.8, 4) is 0 Å². The fraction of sp³-hybridized carbons (Fsp3) is 0.214. The molecule has 0 aliphatic heterocycles. The molecule has 0 unspecified atom stereocenters. The molecule has 21 heavy (non-hydrogen) atoms. The van der Waals surface area contributed by atoms with Crippen LogP contribution in [0.5, 0.6) is 0 Å². The van der Waals surface area contributed by atoms with E-state index in [2.05, 4.69) is 15.6 Å². The molecule has 0 aliphatic carbocycles. The van der Waals surface area contributed by atoms with Crippen LogP contribution in [0.3, 0.4) is 0 Å². The lowest BCUT2D eigenvalue weighted by Crippen LogP contribution is -2.32. The molecule has 0 aliphatic rings. The first-order valence-electron chi connectivity index (χ1n) is 6.36. The number of aromatic nitrogens is 2. The van der Waals surface area contributed by atoms with Gasteiger partial charge >= 0.3 is 5.69 Å². The number of hydrogen-bond donors (Lipinski definition) is 3. The highest BCUT2D eigenvalue weighted by Crippen LogP contribution is 2.10. The molecule has 7 heteroatoms. The number of carbonyl (C=O) groups is 1. The van der Waals surface area contributed by atoms with Gasteiger partial charge in [0.1, 0.15) is 5.82 Å². The molecule has 2 rings (SSSR count). The number of carbonyl (C=O) groups excluding carboxylic acids is 1. The van der Waals surface area contributed by atoms with Crippen LogP contribution >= 0.6 is 0 Å². The van der Waals surface area contributed by atoms with Crippen LogP contribution in [-0.2, 0) is 18.4 Å². The summed E-state index contributed by atoms with van der Waals surface area (Å²) in [5, 5.41) is 5.65. The van der Waals surface area contributed by atoms with E-state index in [9.17, 15) is 14.4 Å². The number of hydrogen-bond acceptors (Lipinski definition) is 4. The third-order valence-electron chi connectivity index (χ3n) is 2.90. The van der Waals surface area contributed by atoms with Gasteiger partial charge in [0.2, 0.25) is 5.91 Å². The second-order valence-corrected chi connectivity index (χ2v) is 4.62. The van der Waals surface area contributed by atoms with Crippen molar-refractivity contribution < 1.29 is 4.79 Å². The number of benzene rings is 1. The Bertz CT molecular complexity index is 728. The van der Waals surface area contributed by atoms with Crippen molar-refractivity contribution in [3.63, 3.8) is 0 Å². The van der Waals surface area contributed by atoms with Crippen molar-refractivity contribution in [2.75, 3.05) is 10.6 Å². The number of nitrogens with zero attached hydrogens (tertiary/aromatic N) is 1. The Kier molecular flexibility index (Phi) is 4.22. The number of aromatic amines is 1. The molecule has 1 aromatic heterocycles. The molecule has 0 saturated heterocycles. The van der Waals surface area contributed by atoms with Crippen molar-refractivity contribution in [2.24, 2.45) is 7.05 Å². The van der Waals surface area contributed by atoms with Crippen LogP contribution in [0.1, 0.15) is 12.5 Å². The number of H-pyrrole nitrogens is 1. The van der Waals surface area contributed by atoms with Gasteiger partial charge in [0, 0.05) is 32.3 Å². The van der Waals surface area contributed by atoms with Gasteiger partial charge in [-0.05, 0) is 17.7 Å². The lowest BCUT2D eigenvalue weighted by molar-refractivity contribution is -0.114. The Morgan fingerprint density at radius 2 is 1.90 bits per heavy atom. The molecule has 110 valence electrons. The van der Waals surface area contributed by atoms with E-state index >= 15 is 0 Å². The molecule has 1 amide bonds. The van der Waals surface area contributed by atoms with Crippen molar-refractivity contribution in [1.82, 2.24) is 9.55 Å². The van der Waals surface area contributed by atoms with Gasteiger partial charge in [0.05, 0.1) is 0 Å². The lowest BCUT2D eigenvalue weighted by atomic mass is 10.2. The number of amides is 1. The molecule has 0 atom stereocenters. The van der Waals surface area contributed by atoms with E-state index in [4.69, 9.17) is 0 Å². The van der Waals surface area contributed by atoms with Gasteiger partial charge in [-0.25, -0.2) is 4.79 Å². The zero-order chi connectivity index (χ0) is 15.4. The monoisotopic (exact) mass is 288 g/mol. The summed E-state index contributed by atoms with van der Waals surface area (Å²) in [5.74, 6) is 0.243. The number of nitrogens with one attached hydrogen (secondary N) is 3. The molecule has 1 heterocycles. The lowest BCUT2D eigenvalue weighted by Gasteiger charge is -2.08. The topological polar surface area (TPSA) is 96.0 Å². The van der Waals surface area contributed by atoms with Crippen molar-refractivity contribution in [2.45, 2.75) is 13.5 Å². The van der Waals surface area contributed by atoms with Gasteiger partial charge in [-0.2, -0.15) is 0 Å². The highest BCUT2D eigenvalue weighted by atomic mass is 16.2. The molecule has 0 saturated carbocycles. The summed E-state index contributed by atoms with van der Waals surface area (Å²) in [6.45, 7) is 1.89. The van der Waals surface area contributed by atoms with Crippen LogP contribution in [0, 0.1) is 0 Å². The van der Waals surface area contributed by atoms with Crippen molar-refractivity contribution >= 4 is 17.4 Å². The quantitative estimate of drug-likeness (QED) is 0.769. The first-order chi connectivity index (χ1) is 9.95. The maximum Gasteiger partial charge on any atom is 0.329 e. The molecule has 7 nitrogen and oxygen atoms in total. The summed E-state index contributed by atoms with van der Waals surface area (Å²) in [7, 11) is 1.41. The van der Waals surface area contributed by atoms with Crippen LogP contribution in [0.15, 0.2) is 39.9 Å². The summed E-state index contributed by atoms with van der Waals surface area (Å²) in [4.78, 5) is 36.4. The molecular weight excluding hydrogens is 272 g/mol. The van der Waals surface area contributed by atoms with Gasteiger partial charge in [-0.15, -0.1) is 0 Å². The second kappa shape index (κ2) is 6.08. The molecule has 0 spiro atoms. The van der Waals surface area contributed by atoms with E-state index in [1.54, 1.807) is 12.1 Å². The third-order valence-corrected chi connectivity index (χ3v) is 2.90. The van der Waals surface area contributed by atoms with E-state index in [0.29, 0.717) is 18.1 Å². The van der Waals surface area contributed by atoms with E-state index in [1.165, 1.54) is 20.0 Å². The van der Waals surface area contributed by atoms with Gasteiger partial charge in [0.25, 0.3) is 5.56 Å². The first kappa shape index (κ1) is 14.6. The zero-order valence-electron chi connectivity index (χ0n) is 11.8. The Labute approximate surface area is 120 Å². The molecule has 2 aromatic rings. The maximum atomic E-state index is 11.5. The Morgan fingerprint density at radius 3 is 2.48 bits per heavy atom. The fourth-order valence-corrected chi connectivity index (χ4v) is 1.76. The fourth-order valence-electron chi connectivity index (χ4n) is 1.76. The molecule has 0 fully saturated rings. The van der Waals surface area contributed by atoms with Crippen molar-refractivity contribution in [3.05, 3.63) is 56.7 Å². The Hall–Kier alpha value is -2.83. The summed E-state index contributed by atoms with van der Waals surface area (Å²) in [5.41, 5.74) is 0.826. The van der Waals surface area contributed by atoms with Crippen LogP contribution in [0.4, 0.5) is 11.5 Å². The number of anilines is 2. The smallest absolute Gasteiger partial charge is 0.329 e. The molecule has 0 radical (unpaired) electrons. The Balaban J connectivity index is 2.05. The first-order valence-corrected chi connectivity index (χ1v) is 6.36. The van der Waals surface area contributed by atoms with Gasteiger partial charge in [-0.1, -0.05) is 12.1 Å². The van der Waals surface area contributed by atoms with E-state index < -0.39 is 5.69 Å². The van der Waals surface area contributed by atoms with Crippen LogP contribution in [0.2, 0.25) is 0 Å². The SMILES string of the molecule is CC(=O)Nc1ccc(CNc2cc(=O)n(C)c(=O)[nH]2)cc1. The zero-order valence-corrected chi connectivity index (χ0v) is 11.8. The normalized spacial score (nSPS) is 10.2. The summed E-state index contributed by atoms with van der Waals surface area (Å²) in [6, 6.07) is 8.58. The third kappa shape index (κ3) is 3.82. The van der Waals surface area contributed by atoms with Gasteiger partial charge in [-0.3, -0.25) is 19.1 Å². The van der Waals surface area contributed by atoms with Crippen LogP contribution < -0.4 is 21.9 Å². The largest absolute Gasteiger partial charge is 0.367 e. The summed E-state index contributed by atoms with van der Waals surface area (Å²) in [6.07, 6.45) is 0. The average Bonchev–Trinajstić information content (AvgIpc) is 2.43. The predicted octanol–water partition coefficient (Wildman–Crippen LogP) is 0.644. The highest BCUT2D eigenvalue weighted by Gasteiger charge is 2.01. The summed E-state index contributed by atoms with van der Waals surface area (Å²) < 4.78 is 0.993. The number of rotatable bonds is 4. The molecule has 3 N–H and O–H groups in total. The minimum absolute atomic E-state index is 0.126. The van der Waals surface area contributed by atoms with Gasteiger partial charge < -0.3 is 10.6 Å². The summed E-state index contributed by atoms with van der Waals surface area (Å²) >= 11 is 0.